The number of hydrogen-bond acceptors (Lipinski definition) is 3. The molecule has 0 aliphatic heterocycles. The van der Waals surface area contributed by atoms with Crippen LogP contribution < -0.4 is 0 Å². The van der Waals surface area contributed by atoms with Crippen LogP contribution in [-0.4, -0.2) is 19.6 Å². The topological polar surface area (TPSA) is 43.1 Å². The summed E-state index contributed by atoms with van der Waals surface area (Å²) in [6.45, 7) is 3.63. The Morgan fingerprint density at radius 3 is 2.55 bits per heavy atom. The van der Waals surface area contributed by atoms with Crippen molar-refractivity contribution in [1.82, 2.24) is 19.6 Å². The highest BCUT2D eigenvalue weighted by Gasteiger charge is 2.16. The van der Waals surface area contributed by atoms with Gasteiger partial charge in [-0.1, -0.05) is 11.6 Å². The molecule has 0 amide bonds. The van der Waals surface area contributed by atoms with E-state index in [2.05, 4.69) is 15.2 Å². The number of benzene rings is 1. The lowest BCUT2D eigenvalue weighted by Gasteiger charge is -2.07. The van der Waals surface area contributed by atoms with Crippen molar-refractivity contribution in [2.75, 3.05) is 0 Å². The Morgan fingerprint density at radius 2 is 1.85 bits per heavy atom. The number of rotatable bonds is 1. The Bertz CT molecular complexity index is 829. The number of hydrogen-bond donors (Lipinski definition) is 0. The van der Waals surface area contributed by atoms with E-state index in [1.165, 1.54) is 6.07 Å². The minimum absolute atomic E-state index is 0.217. The predicted octanol–water partition coefficient (Wildman–Crippen LogP) is 3.34. The molecule has 4 nitrogen and oxygen atoms in total. The van der Waals surface area contributed by atoms with Crippen molar-refractivity contribution in [2.45, 2.75) is 13.8 Å². The van der Waals surface area contributed by atoms with E-state index < -0.39 is 11.6 Å². The van der Waals surface area contributed by atoms with Gasteiger partial charge in [0.15, 0.2) is 28.3 Å². The second-order valence-electron chi connectivity index (χ2n) is 4.38. The molecule has 0 radical (unpaired) electrons. The van der Waals surface area contributed by atoms with Crippen LogP contribution in [0, 0.1) is 25.5 Å². The van der Waals surface area contributed by atoms with Gasteiger partial charge in [0.2, 0.25) is 0 Å². The van der Waals surface area contributed by atoms with Crippen LogP contribution >= 0.6 is 11.6 Å². The molecule has 20 heavy (non-hydrogen) atoms. The zero-order valence-corrected chi connectivity index (χ0v) is 11.4. The lowest BCUT2D eigenvalue weighted by atomic mass is 10.2. The van der Waals surface area contributed by atoms with Gasteiger partial charge >= 0.3 is 0 Å². The smallest absolute Gasteiger partial charge is 0.199 e. The van der Waals surface area contributed by atoms with Crippen LogP contribution in [0.1, 0.15) is 11.4 Å². The summed E-state index contributed by atoms with van der Waals surface area (Å²) < 4.78 is 28.1. The zero-order valence-electron chi connectivity index (χ0n) is 10.7. The third-order valence-corrected chi connectivity index (χ3v) is 3.40. The molecule has 0 bridgehead atoms. The molecule has 3 rings (SSSR count). The van der Waals surface area contributed by atoms with E-state index in [1.54, 1.807) is 11.3 Å². The lowest BCUT2D eigenvalue weighted by Crippen LogP contribution is -2.01. The molecule has 2 heterocycles. The number of aromatic nitrogens is 4. The maximum absolute atomic E-state index is 13.4. The number of halogens is 3. The summed E-state index contributed by atoms with van der Waals surface area (Å²) >= 11 is 6.02. The highest BCUT2D eigenvalue weighted by molar-refractivity contribution is 6.32. The van der Waals surface area contributed by atoms with Gasteiger partial charge in [-0.2, -0.15) is 0 Å². The first-order chi connectivity index (χ1) is 9.49. The molecular weight excluding hydrogens is 286 g/mol. The van der Waals surface area contributed by atoms with E-state index in [0.29, 0.717) is 22.7 Å². The molecule has 0 unspecified atom stereocenters. The predicted molar refractivity (Wildman–Crippen MR) is 70.6 cm³/mol. The van der Waals surface area contributed by atoms with Crippen LogP contribution in [0.25, 0.3) is 17.0 Å². The minimum atomic E-state index is -0.936. The first kappa shape index (κ1) is 12.9. The van der Waals surface area contributed by atoms with Gasteiger partial charge in [-0.25, -0.2) is 13.8 Å². The first-order valence-corrected chi connectivity index (χ1v) is 6.20. The van der Waals surface area contributed by atoms with Crippen LogP contribution in [0.4, 0.5) is 8.78 Å². The Balaban J connectivity index is 2.34. The average molecular weight is 295 g/mol. The van der Waals surface area contributed by atoms with Crippen LogP contribution in [0.3, 0.4) is 0 Å². The third-order valence-electron chi connectivity index (χ3n) is 3.15. The molecule has 0 aliphatic carbocycles. The third kappa shape index (κ3) is 1.84. The largest absolute Gasteiger partial charge is 0.275 e. The Labute approximate surface area is 118 Å². The summed E-state index contributed by atoms with van der Waals surface area (Å²) in [7, 11) is 0. The van der Waals surface area contributed by atoms with Gasteiger partial charge in [-0.3, -0.25) is 4.40 Å². The van der Waals surface area contributed by atoms with Crippen LogP contribution in [-0.2, 0) is 0 Å². The molecule has 0 saturated heterocycles. The minimum Gasteiger partial charge on any atom is -0.275 e. The fraction of sp³-hybridized carbons (Fsp3) is 0.154. The summed E-state index contributed by atoms with van der Waals surface area (Å²) in [6, 6.07) is 3.57. The van der Waals surface area contributed by atoms with Crippen LogP contribution in [0.15, 0.2) is 18.2 Å². The fourth-order valence-electron chi connectivity index (χ4n) is 2.00. The Kier molecular flexibility index (Phi) is 2.90. The maximum Gasteiger partial charge on any atom is 0.199 e. The van der Waals surface area contributed by atoms with E-state index in [-0.39, 0.29) is 5.15 Å². The Morgan fingerprint density at radius 1 is 1.10 bits per heavy atom. The van der Waals surface area contributed by atoms with E-state index in [0.717, 1.165) is 17.8 Å². The fourth-order valence-corrected chi connectivity index (χ4v) is 2.25. The number of fused-ring (bicyclic) bond motifs is 1. The van der Waals surface area contributed by atoms with E-state index in [4.69, 9.17) is 11.6 Å². The zero-order chi connectivity index (χ0) is 14.4. The van der Waals surface area contributed by atoms with Crippen molar-refractivity contribution < 1.29 is 8.78 Å². The Hall–Kier alpha value is -2.08. The quantitative estimate of drug-likeness (QED) is 0.691. The van der Waals surface area contributed by atoms with Gasteiger partial charge in [-0.05, 0) is 32.0 Å². The molecule has 0 atom stereocenters. The normalized spacial score (nSPS) is 11.2. The molecule has 7 heteroatoms. The molecule has 0 N–H and O–H groups in total. The molecule has 3 aromatic rings. The first-order valence-electron chi connectivity index (χ1n) is 5.82. The molecule has 102 valence electrons. The highest BCUT2D eigenvalue weighted by atomic mass is 35.5. The molecule has 0 saturated carbocycles. The maximum atomic E-state index is 13.4. The second kappa shape index (κ2) is 4.49. The van der Waals surface area contributed by atoms with E-state index >= 15 is 0 Å². The summed E-state index contributed by atoms with van der Waals surface area (Å²) in [5, 5.41) is 8.17. The van der Waals surface area contributed by atoms with Crippen molar-refractivity contribution in [1.29, 1.82) is 0 Å². The summed E-state index contributed by atoms with van der Waals surface area (Å²) in [5.41, 5.74) is 2.30. The summed E-state index contributed by atoms with van der Waals surface area (Å²) in [5.74, 6) is -1.45. The van der Waals surface area contributed by atoms with Crippen molar-refractivity contribution >= 4 is 17.2 Å². The number of aryl methyl sites for hydroxylation is 2. The van der Waals surface area contributed by atoms with Gasteiger partial charge in [0.05, 0.1) is 5.69 Å². The average Bonchev–Trinajstić information content (AvgIpc) is 2.85. The van der Waals surface area contributed by atoms with Crippen molar-refractivity contribution in [3.05, 3.63) is 46.4 Å². The molecule has 0 aliphatic rings. The molecule has 1 aromatic carbocycles. The van der Waals surface area contributed by atoms with Crippen LogP contribution in [0.5, 0.6) is 0 Å². The monoisotopic (exact) mass is 294 g/mol. The summed E-state index contributed by atoms with van der Waals surface area (Å²) in [6.07, 6.45) is 0. The molecule has 2 aromatic heterocycles. The highest BCUT2D eigenvalue weighted by Crippen LogP contribution is 2.25. The lowest BCUT2D eigenvalue weighted by molar-refractivity contribution is 0.509. The van der Waals surface area contributed by atoms with Gasteiger partial charge < -0.3 is 0 Å². The number of nitrogens with zero attached hydrogens (tertiary/aromatic N) is 4. The summed E-state index contributed by atoms with van der Waals surface area (Å²) in [4.78, 5) is 4.15. The van der Waals surface area contributed by atoms with E-state index in [1.807, 2.05) is 6.92 Å². The van der Waals surface area contributed by atoms with Crippen molar-refractivity contribution in [2.24, 2.45) is 0 Å². The van der Waals surface area contributed by atoms with Crippen molar-refractivity contribution in [3.63, 3.8) is 0 Å². The van der Waals surface area contributed by atoms with Gasteiger partial charge in [0.25, 0.3) is 0 Å². The second-order valence-corrected chi connectivity index (χ2v) is 4.74. The molecule has 0 fully saturated rings. The van der Waals surface area contributed by atoms with Gasteiger partial charge in [0, 0.05) is 11.3 Å². The molecule has 0 spiro atoms. The molecular formula is C13H9ClF2N4. The van der Waals surface area contributed by atoms with Gasteiger partial charge in [0.1, 0.15) is 0 Å². The van der Waals surface area contributed by atoms with Crippen molar-refractivity contribution in [3.8, 4) is 11.4 Å². The van der Waals surface area contributed by atoms with Crippen LogP contribution in [0.2, 0.25) is 5.15 Å². The SMILES string of the molecule is Cc1nc(Cl)c2nnc(-c3ccc(F)c(F)c3)n2c1C. The standard InChI is InChI=1S/C13H9ClF2N4/c1-6-7(2)20-12(18-19-13(20)11(14)17-6)8-3-4-9(15)10(16)5-8/h3-5H,1-2H3. The van der Waals surface area contributed by atoms with E-state index in [9.17, 15) is 8.78 Å². The van der Waals surface area contributed by atoms with Gasteiger partial charge in [-0.15, -0.1) is 10.2 Å².